The van der Waals surface area contributed by atoms with Gasteiger partial charge in [0.2, 0.25) is 5.95 Å². The Morgan fingerprint density at radius 1 is 1.09 bits per heavy atom. The van der Waals surface area contributed by atoms with Crippen molar-refractivity contribution in [3.8, 4) is 5.75 Å². The Bertz CT molecular complexity index is 991. The van der Waals surface area contributed by atoms with Gasteiger partial charge in [-0.25, -0.2) is 9.78 Å². The molecule has 178 valence electrons. The second-order valence-electron chi connectivity index (χ2n) is 9.04. The highest BCUT2D eigenvalue weighted by molar-refractivity contribution is 6.32. The van der Waals surface area contributed by atoms with E-state index in [9.17, 15) is 4.79 Å². The Kier molecular flexibility index (Phi) is 7.42. The number of amides is 2. The van der Waals surface area contributed by atoms with E-state index in [0.717, 1.165) is 50.3 Å². The number of anilines is 3. The molecule has 2 aliphatic carbocycles. The number of nitrogens with one attached hydrogen (secondary N) is 3. The van der Waals surface area contributed by atoms with Crippen LogP contribution in [0.25, 0.3) is 0 Å². The molecule has 1 aromatic heterocycles. The first-order chi connectivity index (χ1) is 15.9. The number of hydrogen-bond donors (Lipinski definition) is 3. The molecule has 0 radical (unpaired) electrons. The summed E-state index contributed by atoms with van der Waals surface area (Å²) in [5.41, 5.74) is 3.12. The maximum absolute atomic E-state index is 12.4. The molecule has 4 rings (SSSR count). The van der Waals surface area contributed by atoms with Gasteiger partial charge in [0.15, 0.2) is 0 Å². The highest BCUT2D eigenvalue weighted by Gasteiger charge is 2.25. The summed E-state index contributed by atoms with van der Waals surface area (Å²) in [7, 11) is 5.65. The van der Waals surface area contributed by atoms with Crippen molar-refractivity contribution in [2.75, 3.05) is 36.7 Å². The molecule has 0 unspecified atom stereocenters. The lowest BCUT2D eigenvalue weighted by Crippen LogP contribution is -2.42. The molecule has 2 aliphatic rings. The van der Waals surface area contributed by atoms with E-state index >= 15 is 0 Å². The molecule has 0 aliphatic heterocycles. The number of benzene rings is 1. The minimum absolute atomic E-state index is 0.138. The Morgan fingerprint density at radius 2 is 1.82 bits per heavy atom. The van der Waals surface area contributed by atoms with Crippen LogP contribution < -0.4 is 25.6 Å². The summed E-state index contributed by atoms with van der Waals surface area (Å²) < 4.78 is 5.15. The molecule has 9 heteroatoms. The fraction of sp³-hybridized carbons (Fsp3) is 0.542. The normalized spacial score (nSPS) is 19.9. The van der Waals surface area contributed by atoms with Crippen LogP contribution in [0.3, 0.4) is 0 Å². The summed E-state index contributed by atoms with van der Waals surface area (Å²) in [5.74, 6) is 2.34. The van der Waals surface area contributed by atoms with Crippen molar-refractivity contribution < 1.29 is 9.53 Å². The Balaban J connectivity index is 1.29. The standard InChI is InChI=1S/C24H33ClN6O2/c1-31(2)22-18-6-4-5-7-20(18)29-23(30-22)26-15-8-10-16(11-9-15)27-24(32)28-17-12-13-21(33-3)19(25)14-17/h12-16H,4-11H2,1-3H3,(H,26,29,30)(H2,27,28,32). The first kappa shape index (κ1) is 23.4. The molecule has 1 fully saturated rings. The fourth-order valence-electron chi connectivity index (χ4n) is 4.67. The first-order valence-corrected chi connectivity index (χ1v) is 12.1. The summed E-state index contributed by atoms with van der Waals surface area (Å²) in [6.45, 7) is 0. The number of rotatable bonds is 6. The summed E-state index contributed by atoms with van der Waals surface area (Å²) in [6.07, 6.45) is 8.20. The molecule has 8 nitrogen and oxygen atoms in total. The van der Waals surface area contributed by atoms with Gasteiger partial charge in [-0.15, -0.1) is 0 Å². The molecular weight excluding hydrogens is 440 g/mol. The van der Waals surface area contributed by atoms with Gasteiger partial charge < -0.3 is 25.6 Å². The van der Waals surface area contributed by atoms with Crippen molar-refractivity contribution in [2.24, 2.45) is 0 Å². The van der Waals surface area contributed by atoms with Crippen molar-refractivity contribution in [2.45, 2.75) is 63.5 Å². The van der Waals surface area contributed by atoms with Crippen LogP contribution in [0.15, 0.2) is 18.2 Å². The predicted molar refractivity (Wildman–Crippen MR) is 133 cm³/mol. The van der Waals surface area contributed by atoms with E-state index in [2.05, 4.69) is 20.9 Å². The van der Waals surface area contributed by atoms with Gasteiger partial charge in [0, 0.05) is 37.4 Å². The maximum atomic E-state index is 12.4. The smallest absolute Gasteiger partial charge is 0.319 e. The quantitative estimate of drug-likeness (QED) is 0.567. The van der Waals surface area contributed by atoms with E-state index in [1.165, 1.54) is 24.1 Å². The van der Waals surface area contributed by atoms with Gasteiger partial charge in [0.25, 0.3) is 0 Å². The minimum Gasteiger partial charge on any atom is -0.495 e. The van der Waals surface area contributed by atoms with Gasteiger partial charge in [-0.2, -0.15) is 4.98 Å². The van der Waals surface area contributed by atoms with Crippen molar-refractivity contribution in [1.82, 2.24) is 15.3 Å². The van der Waals surface area contributed by atoms with E-state index in [4.69, 9.17) is 26.3 Å². The van der Waals surface area contributed by atoms with Gasteiger partial charge in [-0.3, -0.25) is 0 Å². The monoisotopic (exact) mass is 472 g/mol. The van der Waals surface area contributed by atoms with E-state index in [0.29, 0.717) is 22.5 Å². The van der Waals surface area contributed by atoms with Gasteiger partial charge in [-0.1, -0.05) is 11.6 Å². The van der Waals surface area contributed by atoms with Crippen molar-refractivity contribution >= 4 is 35.1 Å². The zero-order chi connectivity index (χ0) is 23.4. The molecule has 0 bridgehead atoms. The molecule has 2 aromatic rings. The second kappa shape index (κ2) is 10.5. The SMILES string of the molecule is COc1ccc(NC(=O)NC2CCC(Nc3nc4c(c(N(C)C)n3)CCCC4)CC2)cc1Cl. The first-order valence-electron chi connectivity index (χ1n) is 11.7. The summed E-state index contributed by atoms with van der Waals surface area (Å²) >= 11 is 6.14. The zero-order valence-corrected chi connectivity index (χ0v) is 20.3. The van der Waals surface area contributed by atoms with Crippen LogP contribution in [0.1, 0.15) is 49.8 Å². The van der Waals surface area contributed by atoms with Crippen LogP contribution in [-0.2, 0) is 12.8 Å². The molecule has 33 heavy (non-hydrogen) atoms. The van der Waals surface area contributed by atoms with E-state index in [1.54, 1.807) is 25.3 Å². The van der Waals surface area contributed by atoms with Crippen molar-refractivity contribution in [3.05, 3.63) is 34.5 Å². The van der Waals surface area contributed by atoms with Crippen LogP contribution >= 0.6 is 11.6 Å². The Hall–Kier alpha value is -2.74. The fourth-order valence-corrected chi connectivity index (χ4v) is 4.93. The lowest BCUT2D eigenvalue weighted by atomic mass is 9.91. The minimum atomic E-state index is -0.221. The van der Waals surface area contributed by atoms with Gasteiger partial charge >= 0.3 is 6.03 Å². The third kappa shape index (κ3) is 5.79. The van der Waals surface area contributed by atoms with Crippen LogP contribution in [0.4, 0.5) is 22.2 Å². The van der Waals surface area contributed by atoms with Gasteiger partial charge in [0.05, 0.1) is 17.8 Å². The molecule has 0 atom stereocenters. The maximum Gasteiger partial charge on any atom is 0.319 e. The number of carbonyl (C=O) groups excluding carboxylic acids is 1. The topological polar surface area (TPSA) is 91.4 Å². The number of aromatic nitrogens is 2. The number of urea groups is 1. The zero-order valence-electron chi connectivity index (χ0n) is 19.6. The molecule has 1 heterocycles. The number of ether oxygens (including phenoxy) is 1. The van der Waals surface area contributed by atoms with Crippen molar-refractivity contribution in [3.63, 3.8) is 0 Å². The van der Waals surface area contributed by atoms with Crippen LogP contribution in [0, 0.1) is 0 Å². The number of aryl methyl sites for hydroxylation is 1. The van der Waals surface area contributed by atoms with Gasteiger partial charge in [0.1, 0.15) is 11.6 Å². The molecule has 3 N–H and O–H groups in total. The van der Waals surface area contributed by atoms with Crippen LogP contribution in [0.2, 0.25) is 5.02 Å². The Labute approximate surface area is 200 Å². The summed E-state index contributed by atoms with van der Waals surface area (Å²) in [4.78, 5) is 24.2. The number of hydrogen-bond acceptors (Lipinski definition) is 6. The molecular formula is C24H33ClN6O2. The second-order valence-corrected chi connectivity index (χ2v) is 9.45. The molecule has 2 amide bonds. The number of nitrogens with zero attached hydrogens (tertiary/aromatic N) is 3. The van der Waals surface area contributed by atoms with Crippen molar-refractivity contribution in [1.29, 1.82) is 0 Å². The average molecular weight is 473 g/mol. The largest absolute Gasteiger partial charge is 0.495 e. The van der Waals surface area contributed by atoms with Crippen LogP contribution in [0.5, 0.6) is 5.75 Å². The highest BCUT2D eigenvalue weighted by Crippen LogP contribution is 2.30. The van der Waals surface area contributed by atoms with Crippen LogP contribution in [-0.4, -0.2) is 49.3 Å². The number of methoxy groups -OCH3 is 1. The summed E-state index contributed by atoms with van der Waals surface area (Å²) in [5, 5.41) is 9.94. The Morgan fingerprint density at radius 3 is 2.52 bits per heavy atom. The van der Waals surface area contributed by atoms with E-state index < -0.39 is 0 Å². The molecule has 1 aromatic carbocycles. The average Bonchev–Trinajstić information content (AvgIpc) is 2.80. The predicted octanol–water partition coefficient (Wildman–Crippen LogP) is 4.63. The third-order valence-electron chi connectivity index (χ3n) is 6.39. The lowest BCUT2D eigenvalue weighted by Gasteiger charge is -2.30. The molecule has 0 saturated heterocycles. The molecule has 1 saturated carbocycles. The lowest BCUT2D eigenvalue weighted by molar-refractivity contribution is 0.243. The number of carbonyl (C=O) groups is 1. The number of halogens is 1. The molecule has 0 spiro atoms. The number of fused-ring (bicyclic) bond motifs is 1. The van der Waals surface area contributed by atoms with E-state index in [-0.39, 0.29) is 12.1 Å². The highest BCUT2D eigenvalue weighted by atomic mass is 35.5. The van der Waals surface area contributed by atoms with E-state index in [1.807, 2.05) is 14.1 Å². The third-order valence-corrected chi connectivity index (χ3v) is 6.69. The summed E-state index contributed by atoms with van der Waals surface area (Å²) in [6, 6.07) is 5.41. The van der Waals surface area contributed by atoms with Gasteiger partial charge in [-0.05, 0) is 69.6 Å².